The van der Waals surface area contributed by atoms with Crippen LogP contribution < -0.4 is 49.9 Å². The molecule has 3 rings (SSSR count). The molecular formula is C28H23ClF6N3NaO15. The predicted molar refractivity (Wildman–Crippen MR) is 162 cm³/mol. The van der Waals surface area contributed by atoms with Gasteiger partial charge in [-0.2, -0.15) is 26.3 Å². The van der Waals surface area contributed by atoms with Gasteiger partial charge in [-0.25, -0.2) is 14.4 Å². The average Bonchev–Trinajstić information content (AvgIpc) is 3.07. The van der Waals surface area contributed by atoms with Crippen LogP contribution in [-0.4, -0.2) is 78.8 Å². The Morgan fingerprint density at radius 2 is 1.06 bits per heavy atom. The number of nitro benzene ring substituents is 2. The Morgan fingerprint density at radius 1 is 0.722 bits per heavy atom. The number of methoxy groups -OCH3 is 3. The summed E-state index contributed by atoms with van der Waals surface area (Å²) < 4.78 is 91.2. The summed E-state index contributed by atoms with van der Waals surface area (Å²) in [4.78, 5) is 61.6. The van der Waals surface area contributed by atoms with Crippen molar-refractivity contribution in [3.63, 3.8) is 0 Å². The Labute approximate surface area is 324 Å². The summed E-state index contributed by atoms with van der Waals surface area (Å²) in [5, 5.41) is 34.8. The molecule has 0 heterocycles. The molecule has 54 heavy (non-hydrogen) atoms. The van der Waals surface area contributed by atoms with Gasteiger partial charge in [-0.15, -0.1) is 0 Å². The summed E-state index contributed by atoms with van der Waals surface area (Å²) in [6.45, 7) is -6.21. The number of carbonyl (C=O) groups is 4. The molecule has 3 N–H and O–H groups in total. The Hall–Kier alpha value is -5.59. The molecule has 0 saturated heterocycles. The van der Waals surface area contributed by atoms with Crippen molar-refractivity contribution in [2.45, 2.75) is 18.6 Å². The van der Waals surface area contributed by atoms with Gasteiger partial charge in [0.15, 0.2) is 0 Å². The van der Waals surface area contributed by atoms with Crippen molar-refractivity contribution in [3.8, 4) is 17.2 Å². The van der Waals surface area contributed by atoms with Crippen LogP contribution in [0.1, 0.15) is 31.1 Å². The summed E-state index contributed by atoms with van der Waals surface area (Å²) in [6.07, 6.45) is 0. The molecule has 0 spiro atoms. The third-order valence-electron chi connectivity index (χ3n) is 5.25. The molecule has 290 valence electrons. The average molecular weight is 814 g/mol. The second-order valence-electron chi connectivity index (χ2n) is 8.67. The van der Waals surface area contributed by atoms with E-state index in [0.717, 1.165) is 63.8 Å². The number of alkyl halides is 7. The summed E-state index contributed by atoms with van der Waals surface area (Å²) in [6, 6.07) is 9.66. The maximum atomic E-state index is 12.1. The third-order valence-corrected chi connectivity index (χ3v) is 5.41. The standard InChI is InChI=1S/C9H7F2NO5.C9H9F2NO3.C8H7NO5.C2HClF2O2.Na/c1-16-8(13)6-3-2-5(12(14)15)4-7(6)17-9(10)11;1-14-8(13)6-3-2-5(12)4-7(6)15-9(10)11;1-14-8(11)6-3-2-5(9(12)13)4-7(6)10;3-2(4,5)1(6)7;/h2-4,9H,1H3;2-4,9H,12H2,1H3;2-4,10H,1H3;(H,6,7);/q;;;;+1/p-1. The van der Waals surface area contributed by atoms with Gasteiger partial charge in [0.25, 0.3) is 11.4 Å². The number of aromatic hydroxyl groups is 1. The number of carboxylic acid groups (broad SMARTS) is 1. The van der Waals surface area contributed by atoms with Crippen molar-refractivity contribution < 1.29 is 119 Å². The molecule has 0 aliphatic rings. The zero-order chi connectivity index (χ0) is 41.2. The van der Waals surface area contributed by atoms with Crippen molar-refractivity contribution in [3.05, 3.63) is 91.5 Å². The van der Waals surface area contributed by atoms with E-state index in [0.29, 0.717) is 0 Å². The Kier molecular flexibility index (Phi) is 22.3. The van der Waals surface area contributed by atoms with Gasteiger partial charge in [0, 0.05) is 23.9 Å². The number of halogens is 7. The number of phenolic OH excluding ortho intramolecular Hbond substituents is 1. The van der Waals surface area contributed by atoms with Gasteiger partial charge < -0.3 is 44.4 Å². The quantitative estimate of drug-likeness (QED) is 0.0427. The van der Waals surface area contributed by atoms with E-state index in [4.69, 9.17) is 15.6 Å². The molecular weight excluding hydrogens is 791 g/mol. The molecule has 0 unspecified atom stereocenters. The number of non-ortho nitro benzene ring substituents is 2. The number of aliphatic carboxylic acids is 1. The van der Waals surface area contributed by atoms with Crippen LogP contribution in [0.5, 0.6) is 17.2 Å². The minimum Gasteiger partial charge on any atom is -0.543 e. The van der Waals surface area contributed by atoms with Crippen LogP contribution in [-0.2, 0) is 19.0 Å². The maximum Gasteiger partial charge on any atom is 1.00 e. The molecule has 0 aliphatic carbocycles. The first-order valence-corrected chi connectivity index (χ1v) is 13.5. The number of ether oxygens (including phenoxy) is 5. The van der Waals surface area contributed by atoms with Crippen LogP contribution in [0.3, 0.4) is 0 Å². The Balaban J connectivity index is 0. The molecule has 18 nitrogen and oxygen atoms in total. The number of phenols is 1. The predicted octanol–water partition coefficient (Wildman–Crippen LogP) is 1.30. The molecule has 0 amide bonds. The molecule has 0 radical (unpaired) electrons. The summed E-state index contributed by atoms with van der Waals surface area (Å²) in [7, 11) is 3.35. The van der Waals surface area contributed by atoms with Crippen LogP contribution in [0.15, 0.2) is 54.6 Å². The van der Waals surface area contributed by atoms with Gasteiger partial charge in [-0.1, -0.05) is 0 Å². The van der Waals surface area contributed by atoms with E-state index in [1.54, 1.807) is 0 Å². The van der Waals surface area contributed by atoms with E-state index in [2.05, 4.69) is 35.3 Å². The number of nitrogens with two attached hydrogens (primary N) is 1. The number of carboxylic acids is 1. The minimum atomic E-state index is -4.22. The van der Waals surface area contributed by atoms with E-state index < -0.39 is 69.5 Å². The number of nitrogens with zero attached hydrogens (tertiary/aromatic N) is 2. The van der Waals surface area contributed by atoms with Crippen LogP contribution in [0.25, 0.3) is 0 Å². The first kappa shape index (κ1) is 50.5. The number of rotatable bonds is 10. The number of esters is 3. The third kappa shape index (κ3) is 17.8. The molecule has 0 aliphatic heterocycles. The Bertz CT molecular complexity index is 1790. The van der Waals surface area contributed by atoms with Crippen molar-refractivity contribution in [2.75, 3.05) is 27.1 Å². The normalized spacial score (nSPS) is 9.93. The van der Waals surface area contributed by atoms with Gasteiger partial charge in [0.05, 0.1) is 43.3 Å². The van der Waals surface area contributed by atoms with Crippen molar-refractivity contribution in [2.24, 2.45) is 0 Å². The molecule has 26 heteroatoms. The van der Waals surface area contributed by atoms with Gasteiger partial charge in [-0.05, 0) is 35.9 Å². The number of hydrogen-bond acceptors (Lipinski definition) is 16. The zero-order valence-corrected chi connectivity index (χ0v) is 30.4. The second kappa shape index (κ2) is 23.9. The van der Waals surface area contributed by atoms with Gasteiger partial charge in [0.1, 0.15) is 39.9 Å². The fourth-order valence-corrected chi connectivity index (χ4v) is 3.02. The molecule has 3 aromatic carbocycles. The summed E-state index contributed by atoms with van der Waals surface area (Å²) >= 11 is 3.87. The number of hydrogen-bond donors (Lipinski definition) is 2. The topological polar surface area (TPSA) is 270 Å². The summed E-state index contributed by atoms with van der Waals surface area (Å²) in [5.41, 5.74) is 4.34. The van der Waals surface area contributed by atoms with E-state index in [1.165, 1.54) is 12.1 Å². The molecule has 0 fully saturated rings. The number of carbonyl (C=O) groups excluding carboxylic acids is 4. The fraction of sp³-hybridized carbons (Fsp3) is 0.214. The maximum absolute atomic E-state index is 12.1. The summed E-state index contributed by atoms with van der Waals surface area (Å²) in [5.74, 6) is -6.35. The number of anilines is 1. The first-order valence-electron chi connectivity index (χ1n) is 13.1. The second-order valence-corrected chi connectivity index (χ2v) is 9.14. The molecule has 0 bridgehead atoms. The van der Waals surface area contributed by atoms with Gasteiger partial charge >= 0.3 is 66.1 Å². The number of nitrogen functional groups attached to an aromatic ring is 1. The molecule has 0 saturated carbocycles. The van der Waals surface area contributed by atoms with Crippen LogP contribution in [0, 0.1) is 20.2 Å². The van der Waals surface area contributed by atoms with Crippen LogP contribution in [0.2, 0.25) is 0 Å². The van der Waals surface area contributed by atoms with Crippen LogP contribution >= 0.6 is 11.6 Å². The van der Waals surface area contributed by atoms with Crippen molar-refractivity contribution in [1.82, 2.24) is 0 Å². The van der Waals surface area contributed by atoms with E-state index in [1.807, 2.05) is 0 Å². The minimum absolute atomic E-state index is 0. The number of nitro groups is 2. The van der Waals surface area contributed by atoms with Gasteiger partial charge in [0.2, 0.25) is 0 Å². The Morgan fingerprint density at radius 3 is 1.39 bits per heavy atom. The molecule has 3 aromatic rings. The first-order chi connectivity index (χ1) is 24.5. The van der Waals surface area contributed by atoms with E-state index >= 15 is 0 Å². The largest absolute Gasteiger partial charge is 1.00 e. The number of benzene rings is 3. The SMILES string of the molecule is COC(=O)c1ccc(N)cc1OC(F)F.COC(=O)c1ccc([N+](=O)[O-])cc1O.COC(=O)c1ccc([N+](=O)[O-])cc1OC(F)F.O=C([O-])C(F)(F)Cl.[Na+]. The molecule has 0 atom stereocenters. The van der Waals surface area contributed by atoms with Crippen LogP contribution in [0.4, 0.5) is 43.4 Å². The van der Waals surface area contributed by atoms with Crippen molar-refractivity contribution in [1.29, 1.82) is 0 Å². The van der Waals surface area contributed by atoms with Crippen molar-refractivity contribution >= 4 is 52.5 Å². The smallest absolute Gasteiger partial charge is 0.543 e. The van der Waals surface area contributed by atoms with E-state index in [9.17, 15) is 66.1 Å². The molecule has 0 aromatic heterocycles. The van der Waals surface area contributed by atoms with E-state index in [-0.39, 0.29) is 63.4 Å². The zero-order valence-electron chi connectivity index (χ0n) is 27.6. The van der Waals surface area contributed by atoms with Gasteiger partial charge in [-0.3, -0.25) is 20.2 Å². The fourth-order valence-electron chi connectivity index (χ4n) is 3.02. The monoisotopic (exact) mass is 813 g/mol.